The molecular formula is C28H32N2O. The highest BCUT2D eigenvalue weighted by Gasteiger charge is 2.28. The summed E-state index contributed by atoms with van der Waals surface area (Å²) in [7, 11) is 1.90. The van der Waals surface area contributed by atoms with Crippen LogP contribution in [0.5, 0.6) is 0 Å². The summed E-state index contributed by atoms with van der Waals surface area (Å²) in [5, 5.41) is 0. The number of para-hydroxylation sites is 1. The number of rotatable bonds is 7. The molecule has 0 N–H and O–H groups in total. The van der Waals surface area contributed by atoms with Gasteiger partial charge in [-0.3, -0.25) is 4.79 Å². The van der Waals surface area contributed by atoms with Gasteiger partial charge in [0.2, 0.25) is 5.91 Å². The smallest absolute Gasteiger partial charge is 0.229 e. The first-order valence-electron chi connectivity index (χ1n) is 11.4. The molecule has 3 aromatic carbocycles. The lowest BCUT2D eigenvalue weighted by Gasteiger charge is -2.34. The summed E-state index contributed by atoms with van der Waals surface area (Å²) in [6.07, 6.45) is 2.98. The van der Waals surface area contributed by atoms with Gasteiger partial charge in [-0.1, -0.05) is 78.9 Å². The summed E-state index contributed by atoms with van der Waals surface area (Å²) in [5.74, 6) is 0.781. The summed E-state index contributed by atoms with van der Waals surface area (Å²) in [5.41, 5.74) is 3.73. The Balaban J connectivity index is 1.33. The van der Waals surface area contributed by atoms with E-state index in [9.17, 15) is 4.79 Å². The van der Waals surface area contributed by atoms with Crippen molar-refractivity contribution in [3.05, 3.63) is 102 Å². The Morgan fingerprint density at radius 1 is 0.839 bits per heavy atom. The second kappa shape index (κ2) is 10.4. The quantitative estimate of drug-likeness (QED) is 0.505. The van der Waals surface area contributed by atoms with E-state index in [4.69, 9.17) is 0 Å². The normalized spacial score (nSPS) is 15.2. The maximum absolute atomic E-state index is 12.9. The maximum Gasteiger partial charge on any atom is 0.229 e. The van der Waals surface area contributed by atoms with Gasteiger partial charge in [0.1, 0.15) is 0 Å². The Morgan fingerprint density at radius 3 is 1.84 bits per heavy atom. The molecule has 1 aliphatic heterocycles. The number of carbonyl (C=O) groups is 1. The van der Waals surface area contributed by atoms with Crippen molar-refractivity contribution in [3.8, 4) is 0 Å². The van der Waals surface area contributed by atoms with E-state index in [1.165, 1.54) is 11.1 Å². The van der Waals surface area contributed by atoms with E-state index in [1.807, 2.05) is 42.3 Å². The molecule has 1 fully saturated rings. The van der Waals surface area contributed by atoms with Crippen molar-refractivity contribution in [1.29, 1.82) is 0 Å². The zero-order valence-electron chi connectivity index (χ0n) is 18.4. The van der Waals surface area contributed by atoms with Crippen LogP contribution < -0.4 is 4.90 Å². The van der Waals surface area contributed by atoms with E-state index in [2.05, 4.69) is 65.6 Å². The van der Waals surface area contributed by atoms with Crippen molar-refractivity contribution in [2.75, 3.05) is 31.6 Å². The SMILES string of the molecule is CN(C(=O)C1CCN(CCC(c2ccccc2)c2ccccc2)CC1)c1ccccc1. The lowest BCUT2D eigenvalue weighted by molar-refractivity contribution is -0.123. The molecule has 0 bridgehead atoms. The average Bonchev–Trinajstić information content (AvgIpc) is 2.85. The first-order chi connectivity index (χ1) is 15.2. The van der Waals surface area contributed by atoms with E-state index >= 15 is 0 Å². The zero-order chi connectivity index (χ0) is 21.5. The van der Waals surface area contributed by atoms with E-state index in [1.54, 1.807) is 0 Å². The molecule has 0 aromatic heterocycles. The molecule has 3 nitrogen and oxygen atoms in total. The molecule has 0 unspecified atom stereocenters. The molecule has 0 aliphatic carbocycles. The first-order valence-corrected chi connectivity index (χ1v) is 11.4. The van der Waals surface area contributed by atoms with Crippen LogP contribution in [0.15, 0.2) is 91.0 Å². The summed E-state index contributed by atoms with van der Waals surface area (Å²) in [6, 6.07) is 31.6. The van der Waals surface area contributed by atoms with E-state index in [0.717, 1.165) is 44.6 Å². The van der Waals surface area contributed by atoms with Gasteiger partial charge in [0.05, 0.1) is 0 Å². The molecule has 3 heteroatoms. The van der Waals surface area contributed by atoms with Crippen LogP contribution in [0.3, 0.4) is 0 Å². The molecule has 0 radical (unpaired) electrons. The molecular weight excluding hydrogens is 380 g/mol. The minimum Gasteiger partial charge on any atom is -0.315 e. The second-order valence-electron chi connectivity index (χ2n) is 8.51. The topological polar surface area (TPSA) is 23.6 Å². The second-order valence-corrected chi connectivity index (χ2v) is 8.51. The van der Waals surface area contributed by atoms with Crippen LogP contribution in [-0.2, 0) is 4.79 Å². The van der Waals surface area contributed by atoms with Gasteiger partial charge in [-0.05, 0) is 62.2 Å². The molecule has 1 aliphatic rings. The lowest BCUT2D eigenvalue weighted by atomic mass is 9.88. The van der Waals surface area contributed by atoms with Gasteiger partial charge in [0.25, 0.3) is 0 Å². The highest BCUT2D eigenvalue weighted by molar-refractivity contribution is 5.94. The fourth-order valence-electron chi connectivity index (χ4n) is 4.66. The van der Waals surface area contributed by atoms with Crippen LogP contribution in [0.2, 0.25) is 0 Å². The van der Waals surface area contributed by atoms with Crippen molar-refractivity contribution in [3.63, 3.8) is 0 Å². The monoisotopic (exact) mass is 412 g/mol. The van der Waals surface area contributed by atoms with Crippen molar-refractivity contribution in [2.24, 2.45) is 5.92 Å². The van der Waals surface area contributed by atoms with Gasteiger partial charge in [0, 0.05) is 24.6 Å². The van der Waals surface area contributed by atoms with Crippen LogP contribution in [0.1, 0.15) is 36.3 Å². The predicted octanol–water partition coefficient (Wildman–Crippen LogP) is 5.58. The van der Waals surface area contributed by atoms with Crippen molar-refractivity contribution >= 4 is 11.6 Å². The predicted molar refractivity (Wildman–Crippen MR) is 128 cm³/mol. The van der Waals surface area contributed by atoms with Gasteiger partial charge in [-0.15, -0.1) is 0 Å². The minimum atomic E-state index is 0.125. The molecule has 1 saturated heterocycles. The van der Waals surface area contributed by atoms with Crippen LogP contribution >= 0.6 is 0 Å². The third-order valence-corrected chi connectivity index (χ3v) is 6.55. The lowest BCUT2D eigenvalue weighted by Crippen LogP contribution is -2.41. The zero-order valence-corrected chi connectivity index (χ0v) is 18.4. The van der Waals surface area contributed by atoms with Gasteiger partial charge in [0.15, 0.2) is 0 Å². The first kappa shape index (κ1) is 21.3. The molecule has 3 aromatic rings. The Morgan fingerprint density at radius 2 is 1.32 bits per heavy atom. The van der Waals surface area contributed by atoms with Crippen molar-refractivity contribution < 1.29 is 4.79 Å². The number of amides is 1. The Bertz CT molecular complexity index is 895. The third kappa shape index (κ3) is 5.42. The molecule has 0 spiro atoms. The van der Waals surface area contributed by atoms with Gasteiger partial charge in [-0.2, -0.15) is 0 Å². The van der Waals surface area contributed by atoms with Crippen molar-refractivity contribution in [2.45, 2.75) is 25.2 Å². The van der Waals surface area contributed by atoms with Gasteiger partial charge >= 0.3 is 0 Å². The number of carbonyl (C=O) groups excluding carboxylic acids is 1. The standard InChI is InChI=1S/C28H32N2O/c1-29(26-15-9-4-10-16-26)28(31)25-17-20-30(21-18-25)22-19-27(23-11-5-2-6-12-23)24-13-7-3-8-14-24/h2-16,25,27H,17-22H2,1H3. The number of benzene rings is 3. The summed E-state index contributed by atoms with van der Waals surface area (Å²) in [4.78, 5) is 17.3. The summed E-state index contributed by atoms with van der Waals surface area (Å²) < 4.78 is 0. The molecule has 0 atom stereocenters. The van der Waals surface area contributed by atoms with Crippen LogP contribution in [0.25, 0.3) is 0 Å². The molecule has 0 saturated carbocycles. The molecule has 160 valence electrons. The fourth-order valence-corrected chi connectivity index (χ4v) is 4.66. The van der Waals surface area contributed by atoms with E-state index in [-0.39, 0.29) is 11.8 Å². The largest absolute Gasteiger partial charge is 0.315 e. The number of anilines is 1. The number of piperidine rings is 1. The molecule has 31 heavy (non-hydrogen) atoms. The highest BCUT2D eigenvalue weighted by atomic mass is 16.2. The summed E-state index contributed by atoms with van der Waals surface area (Å²) in [6.45, 7) is 3.05. The van der Waals surface area contributed by atoms with Crippen LogP contribution in [-0.4, -0.2) is 37.5 Å². The minimum absolute atomic E-state index is 0.125. The number of nitrogens with zero attached hydrogens (tertiary/aromatic N) is 2. The van der Waals surface area contributed by atoms with Gasteiger partial charge in [-0.25, -0.2) is 0 Å². The van der Waals surface area contributed by atoms with Gasteiger partial charge < -0.3 is 9.80 Å². The van der Waals surface area contributed by atoms with Crippen molar-refractivity contribution in [1.82, 2.24) is 4.90 Å². The van der Waals surface area contributed by atoms with Crippen LogP contribution in [0.4, 0.5) is 5.69 Å². The number of likely N-dealkylation sites (tertiary alicyclic amines) is 1. The van der Waals surface area contributed by atoms with Crippen LogP contribution in [0, 0.1) is 5.92 Å². The number of hydrogen-bond acceptors (Lipinski definition) is 2. The van der Waals surface area contributed by atoms with E-state index < -0.39 is 0 Å². The summed E-state index contributed by atoms with van der Waals surface area (Å²) >= 11 is 0. The number of hydrogen-bond donors (Lipinski definition) is 0. The average molecular weight is 413 g/mol. The Kier molecular flexibility index (Phi) is 7.16. The third-order valence-electron chi connectivity index (χ3n) is 6.55. The Hall–Kier alpha value is -2.91. The fraction of sp³-hybridized carbons (Fsp3) is 0.321. The Labute approximate surface area is 186 Å². The maximum atomic E-state index is 12.9. The molecule has 1 amide bonds. The molecule has 1 heterocycles. The highest BCUT2D eigenvalue weighted by Crippen LogP contribution is 2.29. The molecule has 4 rings (SSSR count). The van der Waals surface area contributed by atoms with E-state index in [0.29, 0.717) is 5.92 Å².